The summed E-state index contributed by atoms with van der Waals surface area (Å²) in [6, 6.07) is 6.83. The molecule has 124 valence electrons. The van der Waals surface area contributed by atoms with Gasteiger partial charge in [-0.3, -0.25) is 4.90 Å². The van der Waals surface area contributed by atoms with Crippen LogP contribution in [0.1, 0.15) is 12.8 Å². The average molecular weight is 333 g/mol. The number of piperidine rings is 1. The van der Waals surface area contributed by atoms with Gasteiger partial charge in [0.1, 0.15) is 5.75 Å². The lowest BCUT2D eigenvalue weighted by Crippen LogP contribution is -2.49. The quantitative estimate of drug-likeness (QED) is 0.863. The summed E-state index contributed by atoms with van der Waals surface area (Å²) in [7, 11) is 1.71. The molecule has 2 aliphatic rings. The Bertz CT molecular complexity index is 661. The lowest BCUT2D eigenvalue weighted by atomic mass is 10.0. The first kappa shape index (κ1) is 15.2. The number of benzene rings is 1. The number of methoxy groups -OCH3 is 1. The molecule has 2 aromatic rings. The third-order valence-corrected chi connectivity index (χ3v) is 5.96. The fourth-order valence-electron chi connectivity index (χ4n) is 3.52. The monoisotopic (exact) mass is 333 g/mol. The molecule has 0 amide bonds. The van der Waals surface area contributed by atoms with Gasteiger partial charge in [-0.1, -0.05) is 11.3 Å². The number of hydrogen-bond donors (Lipinski definition) is 0. The van der Waals surface area contributed by atoms with Crippen LogP contribution in [0.3, 0.4) is 0 Å². The van der Waals surface area contributed by atoms with E-state index in [-0.39, 0.29) is 0 Å². The van der Waals surface area contributed by atoms with Crippen LogP contribution in [0.15, 0.2) is 18.2 Å². The summed E-state index contributed by atoms with van der Waals surface area (Å²) >= 11 is 1.77. The Labute approximate surface area is 140 Å². The minimum atomic E-state index is 0.713. The summed E-state index contributed by atoms with van der Waals surface area (Å²) < 4.78 is 12.0. The van der Waals surface area contributed by atoms with E-state index in [2.05, 4.69) is 21.9 Å². The van der Waals surface area contributed by atoms with Crippen molar-refractivity contribution in [3.8, 4) is 5.75 Å². The topological polar surface area (TPSA) is 37.8 Å². The van der Waals surface area contributed by atoms with Crippen molar-refractivity contribution >= 4 is 26.7 Å². The van der Waals surface area contributed by atoms with Gasteiger partial charge >= 0.3 is 0 Å². The van der Waals surface area contributed by atoms with Crippen LogP contribution in [0.2, 0.25) is 0 Å². The van der Waals surface area contributed by atoms with E-state index in [0.29, 0.717) is 6.04 Å². The Morgan fingerprint density at radius 2 is 1.96 bits per heavy atom. The van der Waals surface area contributed by atoms with E-state index < -0.39 is 0 Å². The molecule has 2 fully saturated rings. The molecule has 1 aromatic carbocycles. The molecule has 2 saturated heterocycles. The van der Waals surface area contributed by atoms with Crippen LogP contribution in [-0.4, -0.2) is 62.4 Å². The molecule has 6 heteroatoms. The van der Waals surface area contributed by atoms with E-state index in [9.17, 15) is 0 Å². The smallest absolute Gasteiger partial charge is 0.186 e. The molecule has 5 nitrogen and oxygen atoms in total. The zero-order valence-corrected chi connectivity index (χ0v) is 14.3. The first-order valence-electron chi connectivity index (χ1n) is 8.35. The minimum absolute atomic E-state index is 0.713. The van der Waals surface area contributed by atoms with Gasteiger partial charge in [0.05, 0.1) is 30.5 Å². The fourth-order valence-corrected chi connectivity index (χ4v) is 4.57. The Kier molecular flexibility index (Phi) is 4.37. The first-order chi connectivity index (χ1) is 11.3. The van der Waals surface area contributed by atoms with Crippen molar-refractivity contribution in [1.82, 2.24) is 9.88 Å². The minimum Gasteiger partial charge on any atom is -0.497 e. The lowest BCUT2D eigenvalue weighted by Gasteiger charge is -2.40. The number of anilines is 1. The molecule has 4 rings (SSSR count). The Balaban J connectivity index is 1.43. The highest BCUT2D eigenvalue weighted by Crippen LogP contribution is 2.33. The number of rotatable bonds is 3. The second kappa shape index (κ2) is 6.63. The average Bonchev–Trinajstić information content (AvgIpc) is 3.05. The molecular formula is C17H23N3O2S. The molecular weight excluding hydrogens is 310 g/mol. The standard InChI is InChI=1S/C17H23N3O2S/c1-21-14-2-3-15-16(12-14)23-17(18-15)20-6-4-13(5-7-20)19-8-10-22-11-9-19/h2-3,12-13H,4-11H2,1H3. The summed E-state index contributed by atoms with van der Waals surface area (Å²) in [5, 5.41) is 1.15. The molecule has 0 saturated carbocycles. The molecule has 0 spiro atoms. The summed E-state index contributed by atoms with van der Waals surface area (Å²) in [4.78, 5) is 9.84. The van der Waals surface area contributed by atoms with Crippen molar-refractivity contribution < 1.29 is 9.47 Å². The fraction of sp³-hybridized carbons (Fsp3) is 0.588. The number of ether oxygens (including phenoxy) is 2. The van der Waals surface area contributed by atoms with E-state index in [1.165, 1.54) is 17.5 Å². The van der Waals surface area contributed by atoms with E-state index in [0.717, 1.165) is 55.8 Å². The van der Waals surface area contributed by atoms with Crippen molar-refractivity contribution in [3.63, 3.8) is 0 Å². The van der Waals surface area contributed by atoms with Crippen molar-refractivity contribution in [3.05, 3.63) is 18.2 Å². The van der Waals surface area contributed by atoms with Crippen molar-refractivity contribution in [1.29, 1.82) is 0 Å². The maximum absolute atomic E-state index is 5.46. The number of morpholine rings is 1. The zero-order chi connectivity index (χ0) is 15.6. The zero-order valence-electron chi connectivity index (χ0n) is 13.5. The number of fused-ring (bicyclic) bond motifs is 1. The molecule has 2 aliphatic heterocycles. The van der Waals surface area contributed by atoms with Crippen LogP contribution in [0, 0.1) is 0 Å². The second-order valence-electron chi connectivity index (χ2n) is 6.20. The Hall–Kier alpha value is -1.37. The van der Waals surface area contributed by atoms with Crippen LogP contribution >= 0.6 is 11.3 Å². The third-order valence-electron chi connectivity index (χ3n) is 4.88. The van der Waals surface area contributed by atoms with Crippen molar-refractivity contribution in [2.75, 3.05) is 51.4 Å². The van der Waals surface area contributed by atoms with Crippen molar-refractivity contribution in [2.24, 2.45) is 0 Å². The molecule has 0 atom stereocenters. The molecule has 0 aliphatic carbocycles. The predicted molar refractivity (Wildman–Crippen MR) is 93.8 cm³/mol. The summed E-state index contributed by atoms with van der Waals surface area (Å²) in [5.74, 6) is 0.902. The maximum atomic E-state index is 5.46. The molecule has 23 heavy (non-hydrogen) atoms. The van der Waals surface area contributed by atoms with E-state index >= 15 is 0 Å². The first-order valence-corrected chi connectivity index (χ1v) is 9.16. The van der Waals surface area contributed by atoms with Gasteiger partial charge in [-0.05, 0) is 31.0 Å². The summed E-state index contributed by atoms with van der Waals surface area (Å²) in [6.45, 7) is 6.15. The van der Waals surface area contributed by atoms with Gasteiger partial charge in [0.25, 0.3) is 0 Å². The van der Waals surface area contributed by atoms with E-state index in [4.69, 9.17) is 14.5 Å². The Morgan fingerprint density at radius 3 is 2.70 bits per heavy atom. The maximum Gasteiger partial charge on any atom is 0.186 e. The van der Waals surface area contributed by atoms with Gasteiger partial charge in [0.2, 0.25) is 0 Å². The predicted octanol–water partition coefficient (Wildman–Crippen LogP) is 2.61. The second-order valence-corrected chi connectivity index (χ2v) is 7.21. The van der Waals surface area contributed by atoms with Crippen LogP contribution in [0.25, 0.3) is 10.2 Å². The van der Waals surface area contributed by atoms with Gasteiger partial charge < -0.3 is 14.4 Å². The molecule has 0 radical (unpaired) electrons. The highest BCUT2D eigenvalue weighted by Gasteiger charge is 2.27. The van der Waals surface area contributed by atoms with Gasteiger partial charge in [0, 0.05) is 32.2 Å². The Morgan fingerprint density at radius 1 is 1.17 bits per heavy atom. The van der Waals surface area contributed by atoms with Gasteiger partial charge in [-0.2, -0.15) is 0 Å². The summed E-state index contributed by atoms with van der Waals surface area (Å²) in [5.41, 5.74) is 1.07. The SMILES string of the molecule is COc1ccc2nc(N3CCC(N4CCOCC4)CC3)sc2c1. The van der Waals surface area contributed by atoms with Crippen LogP contribution in [0.4, 0.5) is 5.13 Å². The molecule has 1 aromatic heterocycles. The third kappa shape index (κ3) is 3.16. The number of nitrogens with zero attached hydrogens (tertiary/aromatic N) is 3. The van der Waals surface area contributed by atoms with Gasteiger partial charge in [0.15, 0.2) is 5.13 Å². The molecule has 0 N–H and O–H groups in total. The number of hydrogen-bond acceptors (Lipinski definition) is 6. The molecule has 0 bridgehead atoms. The van der Waals surface area contributed by atoms with Gasteiger partial charge in [-0.15, -0.1) is 0 Å². The highest BCUT2D eigenvalue weighted by atomic mass is 32.1. The molecule has 3 heterocycles. The van der Waals surface area contributed by atoms with E-state index in [1.54, 1.807) is 18.4 Å². The van der Waals surface area contributed by atoms with Crippen LogP contribution < -0.4 is 9.64 Å². The van der Waals surface area contributed by atoms with Crippen molar-refractivity contribution in [2.45, 2.75) is 18.9 Å². The largest absolute Gasteiger partial charge is 0.497 e. The summed E-state index contributed by atoms with van der Waals surface area (Å²) in [6.07, 6.45) is 2.44. The highest BCUT2D eigenvalue weighted by molar-refractivity contribution is 7.22. The van der Waals surface area contributed by atoms with E-state index in [1.807, 2.05) is 6.07 Å². The number of thiazole rings is 1. The van der Waals surface area contributed by atoms with Crippen LogP contribution in [-0.2, 0) is 4.74 Å². The molecule has 0 unspecified atom stereocenters. The normalized spacial score (nSPS) is 21.0. The van der Waals surface area contributed by atoms with Gasteiger partial charge in [-0.25, -0.2) is 4.98 Å². The number of aromatic nitrogens is 1. The lowest BCUT2D eigenvalue weighted by molar-refractivity contribution is 0.0115. The van der Waals surface area contributed by atoms with Crippen LogP contribution in [0.5, 0.6) is 5.75 Å².